The van der Waals surface area contributed by atoms with Crippen LogP contribution in [0, 0.1) is 5.92 Å². The average molecular weight is 445 g/mol. The van der Waals surface area contributed by atoms with Crippen LogP contribution in [0.15, 0.2) is 66.7 Å². The van der Waals surface area contributed by atoms with Crippen molar-refractivity contribution in [2.24, 2.45) is 5.92 Å². The van der Waals surface area contributed by atoms with Gasteiger partial charge >= 0.3 is 0 Å². The SMILES string of the molecule is COc1ccccc1C(=O)Nc1ccc(COc2ccc3c(c2)CCC(CN(C)C)C3)cc1. The summed E-state index contributed by atoms with van der Waals surface area (Å²) in [5.74, 6) is 2.01. The lowest BCUT2D eigenvalue weighted by molar-refractivity contribution is 0.102. The van der Waals surface area contributed by atoms with Crippen molar-refractivity contribution in [3.8, 4) is 11.5 Å². The third kappa shape index (κ3) is 5.93. The number of ether oxygens (including phenoxy) is 2. The third-order valence-corrected chi connectivity index (χ3v) is 6.10. The standard InChI is InChI=1S/C28H32N2O3/c1-30(2)18-21-8-11-23-17-25(15-12-22(23)16-21)33-19-20-9-13-24(14-10-20)29-28(31)26-6-4-5-7-27(26)32-3/h4-7,9-10,12-15,17,21H,8,11,16,18-19H2,1-3H3,(H,29,31). The Kier molecular flexibility index (Phi) is 7.30. The first-order valence-electron chi connectivity index (χ1n) is 11.4. The fourth-order valence-electron chi connectivity index (χ4n) is 4.45. The van der Waals surface area contributed by atoms with Gasteiger partial charge in [-0.05, 0) is 92.4 Å². The van der Waals surface area contributed by atoms with Crippen LogP contribution in [-0.2, 0) is 19.4 Å². The second-order valence-corrected chi connectivity index (χ2v) is 8.94. The van der Waals surface area contributed by atoms with Crippen LogP contribution in [0.4, 0.5) is 5.69 Å². The van der Waals surface area contributed by atoms with Crippen LogP contribution in [-0.4, -0.2) is 38.6 Å². The number of para-hydroxylation sites is 1. The molecule has 3 aromatic carbocycles. The molecule has 1 amide bonds. The van der Waals surface area contributed by atoms with Crippen LogP contribution < -0.4 is 14.8 Å². The topological polar surface area (TPSA) is 50.8 Å². The molecule has 5 heteroatoms. The molecule has 0 saturated carbocycles. The predicted molar refractivity (Wildman–Crippen MR) is 132 cm³/mol. The van der Waals surface area contributed by atoms with Crippen LogP contribution in [0.2, 0.25) is 0 Å². The number of hydrogen-bond acceptors (Lipinski definition) is 4. The van der Waals surface area contributed by atoms with E-state index in [2.05, 4.69) is 42.5 Å². The van der Waals surface area contributed by atoms with Gasteiger partial charge in [-0.1, -0.05) is 30.3 Å². The Labute approximate surface area is 196 Å². The van der Waals surface area contributed by atoms with Crippen LogP contribution in [0.3, 0.4) is 0 Å². The van der Waals surface area contributed by atoms with Crippen molar-refractivity contribution in [3.63, 3.8) is 0 Å². The summed E-state index contributed by atoms with van der Waals surface area (Å²) in [7, 11) is 5.85. The smallest absolute Gasteiger partial charge is 0.259 e. The molecule has 3 aromatic rings. The van der Waals surface area contributed by atoms with Crippen molar-refractivity contribution in [1.82, 2.24) is 4.90 Å². The maximum atomic E-state index is 12.6. The minimum absolute atomic E-state index is 0.196. The maximum Gasteiger partial charge on any atom is 0.259 e. The van der Waals surface area contributed by atoms with Crippen molar-refractivity contribution in [3.05, 3.63) is 89.0 Å². The molecular weight excluding hydrogens is 412 g/mol. The summed E-state index contributed by atoms with van der Waals surface area (Å²) < 4.78 is 11.3. The molecule has 1 atom stereocenters. The second kappa shape index (κ2) is 10.5. The number of amides is 1. The van der Waals surface area contributed by atoms with Gasteiger partial charge in [-0.15, -0.1) is 0 Å². The Bertz CT molecular complexity index is 1090. The van der Waals surface area contributed by atoms with Crippen LogP contribution in [0.1, 0.15) is 33.5 Å². The molecule has 0 spiro atoms. The van der Waals surface area contributed by atoms with E-state index in [1.54, 1.807) is 19.2 Å². The molecule has 1 N–H and O–H groups in total. The van der Waals surface area contributed by atoms with Crippen molar-refractivity contribution in [1.29, 1.82) is 0 Å². The number of carbonyl (C=O) groups excluding carboxylic acids is 1. The Morgan fingerprint density at radius 1 is 1.03 bits per heavy atom. The summed E-state index contributed by atoms with van der Waals surface area (Å²) in [5, 5.41) is 2.92. The van der Waals surface area contributed by atoms with Crippen LogP contribution in [0.5, 0.6) is 11.5 Å². The van der Waals surface area contributed by atoms with Crippen molar-refractivity contribution < 1.29 is 14.3 Å². The number of aryl methyl sites for hydroxylation is 1. The molecule has 0 bridgehead atoms. The first kappa shape index (κ1) is 22.9. The Hall–Kier alpha value is -3.31. The molecule has 0 radical (unpaired) electrons. The first-order chi connectivity index (χ1) is 16.0. The molecular formula is C28H32N2O3. The van der Waals surface area contributed by atoms with E-state index in [9.17, 15) is 4.79 Å². The summed E-state index contributed by atoms with van der Waals surface area (Å²) in [4.78, 5) is 14.8. The monoisotopic (exact) mass is 444 g/mol. The predicted octanol–water partition coefficient (Wildman–Crippen LogP) is 5.19. The van der Waals surface area contributed by atoms with Crippen LogP contribution >= 0.6 is 0 Å². The van der Waals surface area contributed by atoms with E-state index in [0.717, 1.165) is 42.3 Å². The van der Waals surface area contributed by atoms with Crippen molar-refractivity contribution >= 4 is 11.6 Å². The number of hydrogen-bond donors (Lipinski definition) is 1. The Morgan fingerprint density at radius 3 is 2.58 bits per heavy atom. The van der Waals surface area contributed by atoms with Gasteiger partial charge in [-0.3, -0.25) is 4.79 Å². The van der Waals surface area contributed by atoms with Gasteiger partial charge in [0.2, 0.25) is 0 Å². The maximum absolute atomic E-state index is 12.6. The van der Waals surface area contributed by atoms with E-state index in [4.69, 9.17) is 9.47 Å². The van der Waals surface area contributed by atoms with E-state index in [-0.39, 0.29) is 5.91 Å². The molecule has 172 valence electrons. The summed E-state index contributed by atoms with van der Waals surface area (Å²) >= 11 is 0. The van der Waals surface area contributed by atoms with Gasteiger partial charge in [0.25, 0.3) is 5.91 Å². The van der Waals surface area contributed by atoms with Crippen molar-refractivity contribution in [2.45, 2.75) is 25.9 Å². The number of benzene rings is 3. The number of nitrogens with zero attached hydrogens (tertiary/aromatic N) is 1. The lowest BCUT2D eigenvalue weighted by Gasteiger charge is -2.27. The number of rotatable bonds is 8. The highest BCUT2D eigenvalue weighted by molar-refractivity contribution is 6.06. The number of anilines is 1. The fraction of sp³-hybridized carbons (Fsp3) is 0.321. The number of fused-ring (bicyclic) bond motifs is 1. The highest BCUT2D eigenvalue weighted by Crippen LogP contribution is 2.29. The summed E-state index contributed by atoms with van der Waals surface area (Å²) in [6.45, 7) is 1.63. The lowest BCUT2D eigenvalue weighted by Crippen LogP contribution is -2.26. The molecule has 1 aliphatic rings. The van der Waals surface area contributed by atoms with Gasteiger partial charge in [0.15, 0.2) is 0 Å². The van der Waals surface area contributed by atoms with E-state index < -0.39 is 0 Å². The van der Waals surface area contributed by atoms with Gasteiger partial charge in [-0.25, -0.2) is 0 Å². The molecule has 1 aliphatic carbocycles. The van der Waals surface area contributed by atoms with E-state index >= 15 is 0 Å². The quantitative estimate of drug-likeness (QED) is 0.519. The molecule has 1 unspecified atom stereocenters. The largest absolute Gasteiger partial charge is 0.496 e. The van der Waals surface area contributed by atoms with Gasteiger partial charge < -0.3 is 19.7 Å². The van der Waals surface area contributed by atoms with E-state index in [1.807, 2.05) is 36.4 Å². The molecule has 0 aromatic heterocycles. The lowest BCUT2D eigenvalue weighted by atomic mass is 9.83. The van der Waals surface area contributed by atoms with Gasteiger partial charge in [0, 0.05) is 12.2 Å². The average Bonchev–Trinajstić information content (AvgIpc) is 2.83. The van der Waals surface area contributed by atoms with Gasteiger partial charge in [-0.2, -0.15) is 0 Å². The first-order valence-corrected chi connectivity index (χ1v) is 11.4. The molecule has 0 heterocycles. The molecule has 5 nitrogen and oxygen atoms in total. The molecule has 4 rings (SSSR count). The van der Waals surface area contributed by atoms with Crippen LogP contribution in [0.25, 0.3) is 0 Å². The highest BCUT2D eigenvalue weighted by atomic mass is 16.5. The Morgan fingerprint density at radius 2 is 1.82 bits per heavy atom. The third-order valence-electron chi connectivity index (χ3n) is 6.10. The zero-order chi connectivity index (χ0) is 23.2. The number of methoxy groups -OCH3 is 1. The molecule has 0 aliphatic heterocycles. The molecule has 0 saturated heterocycles. The normalized spacial score (nSPS) is 15.1. The summed E-state index contributed by atoms with van der Waals surface area (Å²) in [5.41, 5.74) is 5.16. The zero-order valence-corrected chi connectivity index (χ0v) is 19.6. The fourth-order valence-corrected chi connectivity index (χ4v) is 4.45. The zero-order valence-electron chi connectivity index (χ0n) is 19.6. The highest BCUT2D eigenvalue weighted by Gasteiger charge is 2.19. The number of nitrogens with one attached hydrogen (secondary N) is 1. The minimum atomic E-state index is -0.196. The second-order valence-electron chi connectivity index (χ2n) is 8.94. The summed E-state index contributed by atoms with van der Waals surface area (Å²) in [6, 6.07) is 21.4. The van der Waals surface area contributed by atoms with Gasteiger partial charge in [0.05, 0.1) is 12.7 Å². The Balaban J connectivity index is 1.32. The van der Waals surface area contributed by atoms with E-state index in [1.165, 1.54) is 17.5 Å². The number of carbonyl (C=O) groups is 1. The van der Waals surface area contributed by atoms with Crippen molar-refractivity contribution in [2.75, 3.05) is 33.1 Å². The van der Waals surface area contributed by atoms with E-state index in [0.29, 0.717) is 17.9 Å². The minimum Gasteiger partial charge on any atom is -0.496 e. The summed E-state index contributed by atoms with van der Waals surface area (Å²) in [6.07, 6.45) is 3.50. The van der Waals surface area contributed by atoms with Gasteiger partial charge in [0.1, 0.15) is 18.1 Å². The molecule has 0 fully saturated rings. The molecule has 33 heavy (non-hydrogen) atoms.